The van der Waals surface area contributed by atoms with Gasteiger partial charge in [-0.2, -0.15) is 0 Å². The molecule has 4 rings (SSSR count). The van der Waals surface area contributed by atoms with Crippen molar-refractivity contribution in [2.24, 2.45) is 5.10 Å². The quantitative estimate of drug-likeness (QED) is 0.831. The summed E-state index contributed by atoms with van der Waals surface area (Å²) in [5, 5.41) is 15.3. The minimum Gasteiger partial charge on any atom is -0.415 e. The summed E-state index contributed by atoms with van der Waals surface area (Å²) < 4.78 is 11.2. The van der Waals surface area contributed by atoms with Crippen molar-refractivity contribution in [3.63, 3.8) is 0 Å². The average Bonchev–Trinajstić information content (AvgIpc) is 2.62. The Hall–Kier alpha value is -2.38. The molecule has 1 fully saturated rings. The number of fused-ring (bicyclic) bond motifs is 1. The number of nitrogens with zero attached hydrogens (tertiary/aromatic N) is 5. The molecule has 7 nitrogen and oxygen atoms in total. The number of hydrogen-bond donors (Lipinski definition) is 0. The van der Waals surface area contributed by atoms with Crippen LogP contribution in [0.2, 0.25) is 5.02 Å². The van der Waals surface area contributed by atoms with E-state index < -0.39 is 0 Å². The molecule has 0 unspecified atom stereocenters. The second-order valence-corrected chi connectivity index (χ2v) is 5.91. The highest BCUT2D eigenvalue weighted by Gasteiger charge is 2.25. The van der Waals surface area contributed by atoms with E-state index in [1.165, 1.54) is 0 Å². The Morgan fingerprint density at radius 3 is 2.71 bits per heavy atom. The maximum absolute atomic E-state index is 6.23. The number of anilines is 2. The standard InChI is InChI=1S/C16H16ClN5O2/c1-21-13-10-14(22-6-8-23-9-7-22)18-19-16(13)24-15(20-21)11-4-2-3-5-12(11)17/h2-5,10H,6-9H2,1H3. The van der Waals surface area contributed by atoms with Gasteiger partial charge in [0, 0.05) is 26.2 Å². The zero-order chi connectivity index (χ0) is 16.5. The van der Waals surface area contributed by atoms with Gasteiger partial charge in [-0.15, -0.1) is 15.3 Å². The summed E-state index contributed by atoms with van der Waals surface area (Å²) in [5.41, 5.74) is 1.48. The van der Waals surface area contributed by atoms with E-state index in [0.717, 1.165) is 30.2 Å². The average molecular weight is 346 g/mol. The van der Waals surface area contributed by atoms with Gasteiger partial charge in [-0.25, -0.2) is 0 Å². The van der Waals surface area contributed by atoms with Crippen LogP contribution in [0, 0.1) is 0 Å². The summed E-state index contributed by atoms with van der Waals surface area (Å²) >= 11 is 6.23. The number of rotatable bonds is 2. The van der Waals surface area contributed by atoms with Crippen molar-refractivity contribution in [1.29, 1.82) is 0 Å². The van der Waals surface area contributed by atoms with Crippen molar-refractivity contribution in [3.05, 3.63) is 40.9 Å². The van der Waals surface area contributed by atoms with Gasteiger partial charge in [-0.3, -0.25) is 5.01 Å². The van der Waals surface area contributed by atoms with E-state index in [1.54, 1.807) is 11.1 Å². The normalized spacial score (nSPS) is 17.2. The second kappa shape index (κ2) is 6.26. The van der Waals surface area contributed by atoms with Crippen molar-refractivity contribution in [2.45, 2.75) is 0 Å². The molecule has 0 spiro atoms. The topological polar surface area (TPSA) is 63.1 Å². The third kappa shape index (κ3) is 2.76. The monoisotopic (exact) mass is 345 g/mol. The number of halogens is 1. The summed E-state index contributed by atoms with van der Waals surface area (Å²) in [4.78, 5) is 2.14. The molecule has 3 heterocycles. The van der Waals surface area contributed by atoms with E-state index in [1.807, 2.05) is 31.3 Å². The van der Waals surface area contributed by atoms with Crippen molar-refractivity contribution in [2.75, 3.05) is 43.3 Å². The first-order valence-electron chi connectivity index (χ1n) is 7.68. The van der Waals surface area contributed by atoms with E-state index in [-0.39, 0.29) is 0 Å². The molecular formula is C16H16ClN5O2. The second-order valence-electron chi connectivity index (χ2n) is 5.50. The summed E-state index contributed by atoms with van der Waals surface area (Å²) in [7, 11) is 1.85. The van der Waals surface area contributed by atoms with Crippen LogP contribution in [0.15, 0.2) is 35.4 Å². The third-order valence-corrected chi connectivity index (χ3v) is 4.28. The third-order valence-electron chi connectivity index (χ3n) is 3.95. The smallest absolute Gasteiger partial charge is 0.266 e. The van der Waals surface area contributed by atoms with Crippen LogP contribution in [0.1, 0.15) is 5.56 Å². The Morgan fingerprint density at radius 1 is 1.12 bits per heavy atom. The van der Waals surface area contributed by atoms with Gasteiger partial charge in [-0.1, -0.05) is 23.7 Å². The molecule has 0 saturated carbocycles. The summed E-state index contributed by atoms with van der Waals surface area (Å²) in [5.74, 6) is 1.62. The van der Waals surface area contributed by atoms with Crippen LogP contribution in [0.25, 0.3) is 0 Å². The molecule has 0 aliphatic carbocycles. The molecule has 1 aromatic carbocycles. The van der Waals surface area contributed by atoms with Crippen LogP contribution in [0.5, 0.6) is 5.88 Å². The van der Waals surface area contributed by atoms with Crippen molar-refractivity contribution < 1.29 is 9.47 Å². The number of hydrogen-bond acceptors (Lipinski definition) is 7. The zero-order valence-corrected chi connectivity index (χ0v) is 13.9. The van der Waals surface area contributed by atoms with Crippen LogP contribution in [0.4, 0.5) is 11.5 Å². The van der Waals surface area contributed by atoms with Gasteiger partial charge in [0.05, 0.1) is 23.8 Å². The molecule has 124 valence electrons. The number of benzene rings is 1. The van der Waals surface area contributed by atoms with Crippen molar-refractivity contribution in [3.8, 4) is 5.88 Å². The molecule has 8 heteroatoms. The van der Waals surface area contributed by atoms with Gasteiger partial charge in [0.25, 0.3) is 5.88 Å². The molecule has 2 aliphatic heterocycles. The number of morpholine rings is 1. The molecule has 1 saturated heterocycles. The Labute approximate surface area is 144 Å². The molecular weight excluding hydrogens is 330 g/mol. The first-order valence-corrected chi connectivity index (χ1v) is 8.05. The van der Waals surface area contributed by atoms with Gasteiger partial charge in [-0.05, 0) is 12.1 Å². The van der Waals surface area contributed by atoms with E-state index in [2.05, 4.69) is 20.2 Å². The minimum absolute atomic E-state index is 0.407. The van der Waals surface area contributed by atoms with Crippen molar-refractivity contribution in [1.82, 2.24) is 10.2 Å². The lowest BCUT2D eigenvalue weighted by Crippen LogP contribution is -2.37. The Kier molecular flexibility index (Phi) is 3.95. The minimum atomic E-state index is 0.407. The first-order chi connectivity index (χ1) is 11.7. The van der Waals surface area contributed by atoms with Gasteiger partial charge >= 0.3 is 0 Å². The Bertz CT molecular complexity index is 792. The molecule has 2 aromatic rings. The molecule has 0 radical (unpaired) electrons. The van der Waals surface area contributed by atoms with E-state index in [9.17, 15) is 0 Å². The molecule has 1 aromatic heterocycles. The lowest BCUT2D eigenvalue weighted by atomic mass is 10.2. The molecule has 2 aliphatic rings. The maximum Gasteiger partial charge on any atom is 0.266 e. The largest absolute Gasteiger partial charge is 0.415 e. The van der Waals surface area contributed by atoms with E-state index in [0.29, 0.717) is 30.0 Å². The Morgan fingerprint density at radius 2 is 1.92 bits per heavy atom. The number of hydrazone groups is 1. The van der Waals surface area contributed by atoms with Crippen LogP contribution >= 0.6 is 11.6 Å². The predicted octanol–water partition coefficient (Wildman–Crippen LogP) is 2.16. The van der Waals surface area contributed by atoms with E-state index >= 15 is 0 Å². The SMILES string of the molecule is CN1N=C(c2ccccc2Cl)Oc2nnc(N3CCOCC3)cc21. The van der Waals surface area contributed by atoms with Gasteiger partial charge in [0.1, 0.15) is 5.69 Å². The van der Waals surface area contributed by atoms with Crippen molar-refractivity contribution >= 4 is 29.0 Å². The van der Waals surface area contributed by atoms with Gasteiger partial charge < -0.3 is 14.4 Å². The van der Waals surface area contributed by atoms with E-state index in [4.69, 9.17) is 21.1 Å². The molecule has 0 amide bonds. The number of ether oxygens (including phenoxy) is 2. The summed E-state index contributed by atoms with van der Waals surface area (Å²) in [6.07, 6.45) is 0. The Balaban J connectivity index is 1.65. The zero-order valence-electron chi connectivity index (χ0n) is 13.1. The summed E-state index contributed by atoms with van der Waals surface area (Å²) in [6, 6.07) is 9.33. The highest BCUT2D eigenvalue weighted by Crippen LogP contribution is 2.33. The van der Waals surface area contributed by atoms with Crippen LogP contribution < -0.4 is 14.6 Å². The molecule has 0 atom stereocenters. The lowest BCUT2D eigenvalue weighted by molar-refractivity contribution is 0.122. The first kappa shape index (κ1) is 15.2. The van der Waals surface area contributed by atoms with Crippen LogP contribution in [-0.2, 0) is 4.74 Å². The molecule has 0 N–H and O–H groups in total. The lowest BCUT2D eigenvalue weighted by Gasteiger charge is -2.29. The fourth-order valence-corrected chi connectivity index (χ4v) is 2.87. The van der Waals surface area contributed by atoms with Gasteiger partial charge in [0.2, 0.25) is 5.90 Å². The molecule has 24 heavy (non-hydrogen) atoms. The predicted molar refractivity (Wildman–Crippen MR) is 92.1 cm³/mol. The highest BCUT2D eigenvalue weighted by molar-refractivity contribution is 6.34. The maximum atomic E-state index is 6.23. The highest BCUT2D eigenvalue weighted by atomic mass is 35.5. The van der Waals surface area contributed by atoms with Gasteiger partial charge in [0.15, 0.2) is 5.82 Å². The fraction of sp³-hybridized carbons (Fsp3) is 0.312. The summed E-state index contributed by atoms with van der Waals surface area (Å²) in [6.45, 7) is 2.98. The van der Waals surface area contributed by atoms with Crippen LogP contribution in [0.3, 0.4) is 0 Å². The number of aromatic nitrogens is 2. The fourth-order valence-electron chi connectivity index (χ4n) is 2.66. The van der Waals surface area contributed by atoms with Crippen LogP contribution in [-0.4, -0.2) is 49.4 Å². The molecule has 0 bridgehead atoms.